The first-order chi connectivity index (χ1) is 10.1. The first-order valence-electron chi connectivity index (χ1n) is 6.17. The lowest BCUT2D eigenvalue weighted by Gasteiger charge is -2.02. The first-order valence-corrected chi connectivity index (χ1v) is 6.55. The molecule has 0 aliphatic heterocycles. The summed E-state index contributed by atoms with van der Waals surface area (Å²) in [7, 11) is 0. The second kappa shape index (κ2) is 5.41. The molecule has 0 atom stereocenters. The highest BCUT2D eigenvalue weighted by molar-refractivity contribution is 6.30. The number of aromatic nitrogens is 3. The third-order valence-electron chi connectivity index (χ3n) is 2.90. The first kappa shape index (κ1) is 13.4. The molecule has 3 rings (SSSR count). The van der Waals surface area contributed by atoms with Gasteiger partial charge in [0.25, 0.3) is 5.89 Å². The van der Waals surface area contributed by atoms with E-state index in [1.165, 1.54) is 0 Å². The molecular formula is C14H11ClN4O2. The van der Waals surface area contributed by atoms with Crippen LogP contribution in [0.25, 0.3) is 23.0 Å². The van der Waals surface area contributed by atoms with E-state index in [-0.39, 0.29) is 6.54 Å². The SMILES string of the molecule is NC(=O)Cn1cccc1-c1nc(-c2ccc(Cl)cc2)no1. The summed E-state index contributed by atoms with van der Waals surface area (Å²) in [5.41, 5.74) is 6.64. The summed E-state index contributed by atoms with van der Waals surface area (Å²) in [4.78, 5) is 15.4. The molecule has 21 heavy (non-hydrogen) atoms. The van der Waals surface area contributed by atoms with Gasteiger partial charge in [0.2, 0.25) is 11.7 Å². The largest absolute Gasteiger partial charge is 0.368 e. The van der Waals surface area contributed by atoms with Crippen molar-refractivity contribution in [3.63, 3.8) is 0 Å². The molecule has 0 bridgehead atoms. The van der Waals surface area contributed by atoms with Crippen molar-refractivity contribution >= 4 is 17.5 Å². The van der Waals surface area contributed by atoms with E-state index in [9.17, 15) is 4.79 Å². The molecule has 1 amide bonds. The van der Waals surface area contributed by atoms with Crippen molar-refractivity contribution in [3.05, 3.63) is 47.6 Å². The monoisotopic (exact) mass is 302 g/mol. The quantitative estimate of drug-likeness (QED) is 0.801. The summed E-state index contributed by atoms with van der Waals surface area (Å²) in [6, 6.07) is 10.7. The second-order valence-electron chi connectivity index (χ2n) is 4.42. The van der Waals surface area contributed by atoms with Crippen LogP contribution in [-0.2, 0) is 11.3 Å². The van der Waals surface area contributed by atoms with Gasteiger partial charge in [-0.1, -0.05) is 16.8 Å². The second-order valence-corrected chi connectivity index (χ2v) is 4.85. The van der Waals surface area contributed by atoms with Crippen LogP contribution in [0.5, 0.6) is 0 Å². The lowest BCUT2D eigenvalue weighted by atomic mass is 10.2. The van der Waals surface area contributed by atoms with Crippen LogP contribution in [0.15, 0.2) is 47.1 Å². The highest BCUT2D eigenvalue weighted by atomic mass is 35.5. The summed E-state index contributed by atoms with van der Waals surface area (Å²) in [6.45, 7) is 0.0565. The number of halogens is 1. The predicted octanol–water partition coefficient (Wildman–Crippen LogP) is 2.34. The van der Waals surface area contributed by atoms with E-state index in [4.69, 9.17) is 21.9 Å². The highest BCUT2D eigenvalue weighted by Gasteiger charge is 2.14. The van der Waals surface area contributed by atoms with Gasteiger partial charge in [-0.25, -0.2) is 0 Å². The Morgan fingerprint density at radius 2 is 2.05 bits per heavy atom. The fourth-order valence-electron chi connectivity index (χ4n) is 1.96. The Morgan fingerprint density at radius 1 is 1.29 bits per heavy atom. The van der Waals surface area contributed by atoms with E-state index in [1.54, 1.807) is 47.2 Å². The maximum Gasteiger partial charge on any atom is 0.274 e. The van der Waals surface area contributed by atoms with Crippen molar-refractivity contribution < 1.29 is 9.32 Å². The predicted molar refractivity (Wildman–Crippen MR) is 77.4 cm³/mol. The van der Waals surface area contributed by atoms with Crippen molar-refractivity contribution in [2.45, 2.75) is 6.54 Å². The van der Waals surface area contributed by atoms with Gasteiger partial charge >= 0.3 is 0 Å². The Bertz CT molecular complexity index is 776. The van der Waals surface area contributed by atoms with Gasteiger partial charge in [0.15, 0.2) is 0 Å². The summed E-state index contributed by atoms with van der Waals surface area (Å²) in [6.07, 6.45) is 1.73. The normalized spacial score (nSPS) is 10.7. The van der Waals surface area contributed by atoms with Gasteiger partial charge in [-0.2, -0.15) is 4.98 Å². The number of nitrogens with two attached hydrogens (primary N) is 1. The van der Waals surface area contributed by atoms with E-state index in [0.29, 0.717) is 22.4 Å². The molecular weight excluding hydrogens is 292 g/mol. The molecule has 0 unspecified atom stereocenters. The Morgan fingerprint density at radius 3 is 2.76 bits per heavy atom. The zero-order valence-corrected chi connectivity index (χ0v) is 11.6. The van der Waals surface area contributed by atoms with Gasteiger partial charge in [-0.15, -0.1) is 0 Å². The number of benzene rings is 1. The minimum atomic E-state index is -0.440. The minimum Gasteiger partial charge on any atom is -0.368 e. The maximum atomic E-state index is 11.0. The molecule has 0 fully saturated rings. The number of amides is 1. The van der Waals surface area contributed by atoms with Crippen LogP contribution >= 0.6 is 11.6 Å². The number of nitrogens with zero attached hydrogens (tertiary/aromatic N) is 3. The van der Waals surface area contributed by atoms with Crippen LogP contribution in [0, 0.1) is 0 Å². The highest BCUT2D eigenvalue weighted by Crippen LogP contribution is 2.23. The van der Waals surface area contributed by atoms with Crippen molar-refractivity contribution in [2.24, 2.45) is 5.73 Å². The van der Waals surface area contributed by atoms with Gasteiger partial charge in [-0.3, -0.25) is 4.79 Å². The molecule has 0 radical (unpaired) electrons. The molecule has 2 aromatic heterocycles. The van der Waals surface area contributed by atoms with E-state index < -0.39 is 5.91 Å². The third kappa shape index (κ3) is 2.80. The molecule has 2 N–H and O–H groups in total. The zero-order chi connectivity index (χ0) is 14.8. The van der Waals surface area contributed by atoms with E-state index in [2.05, 4.69) is 10.1 Å². The topological polar surface area (TPSA) is 86.9 Å². The molecule has 0 aliphatic carbocycles. The van der Waals surface area contributed by atoms with Crippen LogP contribution in [0.3, 0.4) is 0 Å². The van der Waals surface area contributed by atoms with Crippen molar-refractivity contribution in [1.29, 1.82) is 0 Å². The smallest absolute Gasteiger partial charge is 0.274 e. The van der Waals surface area contributed by atoms with Crippen LogP contribution in [0.2, 0.25) is 5.02 Å². The minimum absolute atomic E-state index is 0.0565. The number of hydrogen-bond acceptors (Lipinski definition) is 4. The summed E-state index contributed by atoms with van der Waals surface area (Å²) >= 11 is 5.84. The van der Waals surface area contributed by atoms with E-state index in [0.717, 1.165) is 5.56 Å². The molecule has 7 heteroatoms. The van der Waals surface area contributed by atoms with Crippen LogP contribution in [-0.4, -0.2) is 20.6 Å². The number of hydrogen-bond donors (Lipinski definition) is 1. The molecule has 1 aromatic carbocycles. The lowest BCUT2D eigenvalue weighted by molar-refractivity contribution is -0.118. The number of carbonyl (C=O) groups excluding carboxylic acids is 1. The summed E-state index contributed by atoms with van der Waals surface area (Å²) in [5.74, 6) is 0.338. The molecule has 2 heterocycles. The van der Waals surface area contributed by atoms with Crippen molar-refractivity contribution in [3.8, 4) is 23.0 Å². The van der Waals surface area contributed by atoms with E-state index >= 15 is 0 Å². The average Bonchev–Trinajstić information content (AvgIpc) is 3.07. The fourth-order valence-corrected chi connectivity index (χ4v) is 2.08. The Labute approximate surface area is 125 Å². The standard InChI is InChI=1S/C14H11ClN4O2/c15-10-5-3-9(4-6-10)13-17-14(21-18-13)11-2-1-7-19(11)8-12(16)20/h1-7H,8H2,(H2,16,20). The fraction of sp³-hybridized carbons (Fsp3) is 0.0714. The van der Waals surface area contributed by atoms with Crippen LogP contribution < -0.4 is 5.73 Å². The molecule has 3 aromatic rings. The molecule has 0 aliphatic rings. The van der Waals surface area contributed by atoms with E-state index in [1.807, 2.05) is 0 Å². The van der Waals surface area contributed by atoms with Crippen molar-refractivity contribution in [1.82, 2.24) is 14.7 Å². The van der Waals surface area contributed by atoms with Gasteiger partial charge in [0.1, 0.15) is 12.2 Å². The van der Waals surface area contributed by atoms with Crippen molar-refractivity contribution in [2.75, 3.05) is 0 Å². The van der Waals surface area contributed by atoms with Gasteiger partial charge in [-0.05, 0) is 36.4 Å². The average molecular weight is 303 g/mol. The molecule has 0 saturated heterocycles. The summed E-state index contributed by atoms with van der Waals surface area (Å²) in [5, 5.41) is 4.57. The third-order valence-corrected chi connectivity index (χ3v) is 3.16. The zero-order valence-electron chi connectivity index (χ0n) is 10.9. The maximum absolute atomic E-state index is 11.0. The summed E-state index contributed by atoms with van der Waals surface area (Å²) < 4.78 is 6.90. The molecule has 106 valence electrons. The molecule has 6 nitrogen and oxygen atoms in total. The molecule has 0 spiro atoms. The number of carbonyl (C=O) groups is 1. The van der Waals surface area contributed by atoms with Crippen LogP contribution in [0.1, 0.15) is 0 Å². The lowest BCUT2D eigenvalue weighted by Crippen LogP contribution is -2.18. The molecule has 0 saturated carbocycles. The van der Waals surface area contributed by atoms with Gasteiger partial charge < -0.3 is 14.8 Å². The Hall–Kier alpha value is -2.60. The number of primary amides is 1. The van der Waals surface area contributed by atoms with Gasteiger partial charge in [0.05, 0.1) is 0 Å². The number of rotatable bonds is 4. The van der Waals surface area contributed by atoms with Gasteiger partial charge in [0, 0.05) is 16.8 Å². The Balaban J connectivity index is 1.93. The van der Waals surface area contributed by atoms with Crippen LogP contribution in [0.4, 0.5) is 0 Å². The Kier molecular flexibility index (Phi) is 3.45.